The predicted molar refractivity (Wildman–Crippen MR) is 52.0 cm³/mol. The van der Waals surface area contributed by atoms with E-state index in [0.717, 1.165) is 12.5 Å². The molecule has 0 spiro atoms. The number of benzene rings is 1. The first kappa shape index (κ1) is 10.6. The third kappa shape index (κ3) is 3.53. The predicted octanol–water partition coefficient (Wildman–Crippen LogP) is 0.709. The fourth-order valence-corrected chi connectivity index (χ4v) is 1.02. The average Bonchev–Trinajstić information content (AvgIpc) is 2.06. The van der Waals surface area contributed by atoms with Crippen LogP contribution in [0.3, 0.4) is 0 Å². The van der Waals surface area contributed by atoms with Crippen molar-refractivity contribution in [1.82, 2.24) is 4.83 Å². The molecule has 1 rings (SSSR count). The maximum absolute atomic E-state index is 12.9. The van der Waals surface area contributed by atoms with Crippen LogP contribution in [0.4, 0.5) is 4.39 Å². The van der Waals surface area contributed by atoms with Crippen LogP contribution in [-0.2, 0) is 10.0 Å². The summed E-state index contributed by atoms with van der Waals surface area (Å²) in [6.45, 7) is 0. The molecular formula is C8H9FN2O2S. The number of nitrogens with zero attached hydrogens (tertiary/aromatic N) is 1. The molecule has 0 heterocycles. The minimum atomic E-state index is -3.38. The van der Waals surface area contributed by atoms with Gasteiger partial charge in [-0.1, -0.05) is 18.2 Å². The summed E-state index contributed by atoms with van der Waals surface area (Å²) >= 11 is 0. The maximum atomic E-state index is 12.9. The SMILES string of the molecule is CS(=O)(=O)N/N=C\c1ccccc1F. The van der Waals surface area contributed by atoms with Gasteiger partial charge in [-0.3, -0.25) is 0 Å². The molecule has 6 heteroatoms. The smallest absolute Gasteiger partial charge is 0.206 e. The normalized spacial score (nSPS) is 11.9. The van der Waals surface area contributed by atoms with Crippen LogP contribution >= 0.6 is 0 Å². The van der Waals surface area contributed by atoms with E-state index in [2.05, 4.69) is 5.10 Å². The van der Waals surface area contributed by atoms with E-state index < -0.39 is 15.8 Å². The Kier molecular flexibility index (Phi) is 3.19. The van der Waals surface area contributed by atoms with Crippen molar-refractivity contribution in [2.24, 2.45) is 5.10 Å². The summed E-state index contributed by atoms with van der Waals surface area (Å²) in [4.78, 5) is 1.87. The highest BCUT2D eigenvalue weighted by Crippen LogP contribution is 2.02. The van der Waals surface area contributed by atoms with Crippen LogP contribution in [0, 0.1) is 5.82 Å². The Morgan fingerprint density at radius 3 is 2.64 bits per heavy atom. The molecule has 0 amide bonds. The fourth-order valence-electron chi connectivity index (χ4n) is 0.771. The molecule has 0 atom stereocenters. The van der Waals surface area contributed by atoms with Crippen molar-refractivity contribution in [2.75, 3.05) is 6.26 Å². The van der Waals surface area contributed by atoms with Crippen molar-refractivity contribution >= 4 is 16.2 Å². The Hall–Kier alpha value is -1.43. The molecule has 14 heavy (non-hydrogen) atoms. The molecule has 0 aliphatic heterocycles. The van der Waals surface area contributed by atoms with E-state index in [4.69, 9.17) is 0 Å². The average molecular weight is 216 g/mol. The minimum absolute atomic E-state index is 0.226. The van der Waals surface area contributed by atoms with Crippen molar-refractivity contribution in [3.8, 4) is 0 Å². The standard InChI is InChI=1S/C8H9FN2O2S/c1-14(12,13)11-10-6-7-4-2-3-5-8(7)9/h2-6,11H,1H3/b10-6-. The second kappa shape index (κ2) is 4.19. The summed E-state index contributed by atoms with van der Waals surface area (Å²) in [5.74, 6) is -0.452. The molecule has 0 saturated heterocycles. The highest BCUT2D eigenvalue weighted by atomic mass is 32.2. The molecule has 1 aromatic carbocycles. The van der Waals surface area contributed by atoms with E-state index in [1.54, 1.807) is 6.07 Å². The van der Waals surface area contributed by atoms with Gasteiger partial charge in [0.2, 0.25) is 10.0 Å². The number of hydrogen-bond acceptors (Lipinski definition) is 3. The van der Waals surface area contributed by atoms with Gasteiger partial charge in [-0.25, -0.2) is 17.6 Å². The largest absolute Gasteiger partial charge is 0.244 e. The van der Waals surface area contributed by atoms with E-state index >= 15 is 0 Å². The first-order chi connectivity index (χ1) is 6.49. The Balaban J connectivity index is 2.75. The summed E-state index contributed by atoms with van der Waals surface area (Å²) < 4.78 is 34.1. The molecule has 1 N–H and O–H groups in total. The zero-order valence-electron chi connectivity index (χ0n) is 7.44. The summed E-state index contributed by atoms with van der Waals surface area (Å²) in [6.07, 6.45) is 2.07. The van der Waals surface area contributed by atoms with E-state index in [9.17, 15) is 12.8 Å². The quantitative estimate of drug-likeness (QED) is 0.597. The molecule has 0 bridgehead atoms. The molecule has 0 unspecified atom stereocenters. The van der Waals surface area contributed by atoms with Crippen molar-refractivity contribution in [3.05, 3.63) is 35.6 Å². The fraction of sp³-hybridized carbons (Fsp3) is 0.125. The summed E-state index contributed by atoms with van der Waals surface area (Å²) in [5, 5.41) is 3.37. The first-order valence-corrected chi connectivity index (χ1v) is 5.62. The minimum Gasteiger partial charge on any atom is -0.206 e. The molecule has 0 fully saturated rings. The van der Waals surface area contributed by atoms with E-state index in [1.807, 2.05) is 4.83 Å². The highest BCUT2D eigenvalue weighted by Gasteiger charge is 1.97. The van der Waals surface area contributed by atoms with Crippen LogP contribution in [-0.4, -0.2) is 20.9 Å². The lowest BCUT2D eigenvalue weighted by atomic mass is 10.2. The Morgan fingerprint density at radius 1 is 1.43 bits per heavy atom. The van der Waals surface area contributed by atoms with Gasteiger partial charge in [-0.2, -0.15) is 5.10 Å². The third-order valence-electron chi connectivity index (χ3n) is 1.33. The Morgan fingerprint density at radius 2 is 2.07 bits per heavy atom. The highest BCUT2D eigenvalue weighted by molar-refractivity contribution is 7.88. The van der Waals surface area contributed by atoms with Gasteiger partial charge >= 0.3 is 0 Å². The van der Waals surface area contributed by atoms with Crippen molar-refractivity contribution in [1.29, 1.82) is 0 Å². The van der Waals surface area contributed by atoms with Crippen LogP contribution in [0.2, 0.25) is 0 Å². The summed E-state index contributed by atoms with van der Waals surface area (Å²) in [7, 11) is -3.38. The van der Waals surface area contributed by atoms with E-state index in [1.165, 1.54) is 18.2 Å². The van der Waals surface area contributed by atoms with Gasteiger partial charge in [0.15, 0.2) is 0 Å². The van der Waals surface area contributed by atoms with Crippen LogP contribution in [0.15, 0.2) is 29.4 Å². The number of hydrogen-bond donors (Lipinski definition) is 1. The van der Waals surface area contributed by atoms with Gasteiger partial charge in [-0.15, -0.1) is 0 Å². The molecule has 0 radical (unpaired) electrons. The monoisotopic (exact) mass is 216 g/mol. The van der Waals surface area contributed by atoms with Crippen molar-refractivity contribution < 1.29 is 12.8 Å². The number of rotatable bonds is 3. The lowest BCUT2D eigenvalue weighted by Gasteiger charge is -1.96. The van der Waals surface area contributed by atoms with Crippen molar-refractivity contribution in [2.45, 2.75) is 0 Å². The Labute approximate surface area is 81.5 Å². The summed E-state index contributed by atoms with van der Waals surface area (Å²) in [5.41, 5.74) is 0.226. The molecule has 0 aromatic heterocycles. The lowest BCUT2D eigenvalue weighted by Crippen LogP contribution is -2.15. The molecule has 1 aromatic rings. The maximum Gasteiger partial charge on any atom is 0.244 e. The molecular weight excluding hydrogens is 207 g/mol. The van der Waals surface area contributed by atoms with Gasteiger partial charge < -0.3 is 0 Å². The van der Waals surface area contributed by atoms with Crippen LogP contribution in [0.5, 0.6) is 0 Å². The lowest BCUT2D eigenvalue weighted by molar-refractivity contribution is 0.590. The van der Waals surface area contributed by atoms with Crippen LogP contribution in [0.25, 0.3) is 0 Å². The molecule has 0 aliphatic carbocycles. The number of halogens is 1. The van der Waals surface area contributed by atoms with Gasteiger partial charge in [0, 0.05) is 5.56 Å². The zero-order valence-corrected chi connectivity index (χ0v) is 8.25. The number of nitrogens with one attached hydrogen (secondary N) is 1. The third-order valence-corrected chi connectivity index (χ3v) is 1.76. The Bertz CT molecular complexity index is 442. The molecule has 0 saturated carbocycles. The van der Waals surface area contributed by atoms with Gasteiger partial charge in [-0.05, 0) is 6.07 Å². The van der Waals surface area contributed by atoms with Crippen LogP contribution in [0.1, 0.15) is 5.56 Å². The second-order valence-corrected chi connectivity index (χ2v) is 4.37. The van der Waals surface area contributed by atoms with Gasteiger partial charge in [0.25, 0.3) is 0 Å². The van der Waals surface area contributed by atoms with Crippen molar-refractivity contribution in [3.63, 3.8) is 0 Å². The topological polar surface area (TPSA) is 58.5 Å². The number of hydrazone groups is 1. The zero-order chi connectivity index (χ0) is 10.6. The van der Waals surface area contributed by atoms with Crippen LogP contribution < -0.4 is 4.83 Å². The molecule has 0 aliphatic rings. The van der Waals surface area contributed by atoms with E-state index in [-0.39, 0.29) is 5.56 Å². The molecule has 4 nitrogen and oxygen atoms in total. The molecule has 76 valence electrons. The number of sulfonamides is 1. The summed E-state index contributed by atoms with van der Waals surface area (Å²) in [6, 6.07) is 5.92. The van der Waals surface area contributed by atoms with E-state index in [0.29, 0.717) is 0 Å². The second-order valence-electron chi connectivity index (χ2n) is 2.64. The first-order valence-electron chi connectivity index (χ1n) is 3.73. The van der Waals surface area contributed by atoms with Gasteiger partial charge in [0.05, 0.1) is 12.5 Å². The van der Waals surface area contributed by atoms with Gasteiger partial charge in [0.1, 0.15) is 5.82 Å².